The van der Waals surface area contributed by atoms with Crippen molar-refractivity contribution in [3.8, 4) is 28.4 Å². The molecule has 3 heterocycles. The van der Waals surface area contributed by atoms with Gasteiger partial charge in [-0.1, -0.05) is 40.2 Å². The van der Waals surface area contributed by atoms with E-state index in [4.69, 9.17) is 19.0 Å². The van der Waals surface area contributed by atoms with E-state index in [1.807, 2.05) is 82.4 Å². The van der Waals surface area contributed by atoms with Gasteiger partial charge in [-0.2, -0.15) is 9.78 Å². The maximum Gasteiger partial charge on any atom is 0.279 e. The van der Waals surface area contributed by atoms with E-state index in [2.05, 4.69) is 42.4 Å². The highest BCUT2D eigenvalue weighted by Gasteiger charge is 2.19. The third-order valence-corrected chi connectivity index (χ3v) is 7.00. The number of benzene rings is 3. The first-order valence-corrected chi connectivity index (χ1v) is 14.1. The number of anilines is 1. The van der Waals surface area contributed by atoms with Crippen molar-refractivity contribution in [3.05, 3.63) is 86.9 Å². The summed E-state index contributed by atoms with van der Waals surface area (Å²) in [6.45, 7) is 8.75. The topological polar surface area (TPSA) is 115 Å². The molecule has 0 unspecified atom stereocenters. The highest BCUT2D eigenvalue weighted by molar-refractivity contribution is 9.10. The van der Waals surface area contributed by atoms with Crippen LogP contribution in [0, 0.1) is 13.8 Å². The normalized spacial score (nSPS) is 12.7. The van der Waals surface area contributed by atoms with E-state index < -0.39 is 0 Å². The van der Waals surface area contributed by atoms with E-state index in [9.17, 15) is 4.79 Å². The molecule has 0 amide bonds. The average molecular weight is 634 g/mol. The molecule has 3 aromatic carbocycles. The van der Waals surface area contributed by atoms with Crippen LogP contribution in [-0.4, -0.2) is 67.2 Å². The number of carbonyl (C=O) groups excluding carboxylic acids is 1. The number of hydrogen-bond donors (Lipinski definition) is 1. The van der Waals surface area contributed by atoms with Gasteiger partial charge in [-0.3, -0.25) is 4.79 Å². The van der Waals surface area contributed by atoms with Crippen molar-refractivity contribution >= 4 is 39.2 Å². The lowest BCUT2D eigenvalue weighted by Crippen LogP contribution is -2.36. The number of hydrogen-bond acceptors (Lipinski definition) is 9. The van der Waals surface area contributed by atoms with Gasteiger partial charge in [0.05, 0.1) is 30.0 Å². The molecule has 0 spiro atoms. The monoisotopic (exact) mass is 632 g/mol. The number of morpholine rings is 1. The van der Waals surface area contributed by atoms with Crippen molar-refractivity contribution in [3.63, 3.8) is 0 Å². The Hall–Kier alpha value is -4.19. The van der Waals surface area contributed by atoms with Gasteiger partial charge < -0.3 is 24.2 Å². The van der Waals surface area contributed by atoms with Crippen LogP contribution in [0.1, 0.15) is 11.5 Å². The Labute approximate surface area is 252 Å². The Bertz CT molecular complexity index is 1730. The summed E-state index contributed by atoms with van der Waals surface area (Å²) in [5, 5.41) is 17.2. The number of aromatic nitrogens is 4. The zero-order valence-electron chi connectivity index (χ0n) is 24.1. The fraction of sp³-hybridized carbons (Fsp3) is 0.258. The minimum absolute atomic E-state index is 0.163. The van der Waals surface area contributed by atoms with E-state index in [1.54, 1.807) is 6.92 Å². The van der Waals surface area contributed by atoms with Crippen LogP contribution < -0.4 is 15.8 Å². The van der Waals surface area contributed by atoms with Crippen LogP contribution in [0.15, 0.2) is 74.3 Å². The molecule has 0 radical (unpaired) electrons. The number of halogens is 1. The second-order valence-electron chi connectivity index (χ2n) is 9.54. The van der Waals surface area contributed by atoms with Gasteiger partial charge in [0.1, 0.15) is 6.79 Å². The van der Waals surface area contributed by atoms with Crippen LogP contribution in [0.4, 0.5) is 5.69 Å². The minimum atomic E-state index is -0.163. The summed E-state index contributed by atoms with van der Waals surface area (Å²) < 4.78 is 13.5. The standard InChI is InChI=1S/C28H24BrN5O3.C2H7N.CH2O/c1-17-7-8-22(33-9-11-36-12-10-33)16-25(17)34-28(35)24-6-4-3-5-23(24)26(32-34)19-13-20(15-21(29)14-19)27-31-30-18(2)37-27;1-3-2;1-2/h3-8,13-16H,9-12H2,1-2H3;3H,1-2H3;1H2. The molecule has 1 aliphatic rings. The first-order valence-electron chi connectivity index (χ1n) is 13.3. The first-order chi connectivity index (χ1) is 20.4. The van der Waals surface area contributed by atoms with E-state index in [0.717, 1.165) is 51.0 Å². The van der Waals surface area contributed by atoms with Crippen molar-refractivity contribution in [2.75, 3.05) is 45.3 Å². The number of nitrogens with one attached hydrogen (secondary N) is 1. The van der Waals surface area contributed by atoms with Gasteiger partial charge in [0.2, 0.25) is 11.8 Å². The number of rotatable bonds is 4. The average Bonchev–Trinajstić information content (AvgIpc) is 3.46. The van der Waals surface area contributed by atoms with Crippen molar-refractivity contribution in [1.82, 2.24) is 25.3 Å². The predicted molar refractivity (Wildman–Crippen MR) is 168 cm³/mol. The van der Waals surface area contributed by atoms with Crippen LogP contribution in [0.2, 0.25) is 0 Å². The number of aryl methyl sites for hydroxylation is 2. The first kappa shape index (κ1) is 30.8. The molecule has 5 aromatic rings. The quantitative estimate of drug-likeness (QED) is 0.293. The molecule has 1 saturated heterocycles. The van der Waals surface area contributed by atoms with Crippen molar-refractivity contribution < 1.29 is 13.9 Å². The SMILES string of the molecule is C=O.CNC.Cc1nnc(-c2cc(Br)cc(-c3nn(-c4cc(N5CCOCC5)ccc4C)c(=O)c4ccccc34)c2)o1. The fourth-order valence-electron chi connectivity index (χ4n) is 4.67. The Balaban J connectivity index is 0.000000763. The molecular weight excluding hydrogens is 600 g/mol. The van der Waals surface area contributed by atoms with E-state index in [0.29, 0.717) is 36.1 Å². The second-order valence-corrected chi connectivity index (χ2v) is 10.5. The third kappa shape index (κ3) is 6.64. The highest BCUT2D eigenvalue weighted by Crippen LogP contribution is 2.33. The molecule has 0 saturated carbocycles. The molecule has 0 atom stereocenters. The molecule has 42 heavy (non-hydrogen) atoms. The lowest BCUT2D eigenvalue weighted by atomic mass is 10.0. The Morgan fingerprint density at radius 3 is 2.24 bits per heavy atom. The maximum atomic E-state index is 13.7. The lowest BCUT2D eigenvalue weighted by Gasteiger charge is -2.29. The number of fused-ring (bicyclic) bond motifs is 1. The summed E-state index contributed by atoms with van der Waals surface area (Å²) in [6.07, 6.45) is 0. The largest absolute Gasteiger partial charge is 0.421 e. The van der Waals surface area contributed by atoms with Gasteiger partial charge in [0.25, 0.3) is 5.56 Å². The van der Waals surface area contributed by atoms with Gasteiger partial charge in [-0.05, 0) is 63.0 Å². The van der Waals surface area contributed by atoms with Crippen LogP contribution >= 0.6 is 15.9 Å². The Morgan fingerprint density at radius 1 is 0.905 bits per heavy atom. The molecule has 10 nitrogen and oxygen atoms in total. The lowest BCUT2D eigenvalue weighted by molar-refractivity contribution is -0.0980. The van der Waals surface area contributed by atoms with Crippen molar-refractivity contribution in [2.45, 2.75) is 13.8 Å². The summed E-state index contributed by atoms with van der Waals surface area (Å²) in [5.41, 5.74) is 4.87. The summed E-state index contributed by atoms with van der Waals surface area (Å²) in [5.74, 6) is 0.913. The second kappa shape index (κ2) is 14.1. The van der Waals surface area contributed by atoms with E-state index in [-0.39, 0.29) is 5.56 Å². The maximum absolute atomic E-state index is 13.7. The smallest absolute Gasteiger partial charge is 0.279 e. The number of carbonyl (C=O) groups is 1. The van der Waals surface area contributed by atoms with Crippen molar-refractivity contribution in [2.24, 2.45) is 0 Å². The zero-order chi connectivity index (χ0) is 30.2. The molecule has 2 aromatic heterocycles. The summed E-state index contributed by atoms with van der Waals surface area (Å²) in [7, 11) is 3.75. The zero-order valence-corrected chi connectivity index (χ0v) is 25.6. The molecule has 1 N–H and O–H groups in total. The van der Waals surface area contributed by atoms with Crippen LogP contribution in [0.5, 0.6) is 0 Å². The van der Waals surface area contributed by atoms with Crippen molar-refractivity contribution in [1.29, 1.82) is 0 Å². The molecule has 0 aliphatic carbocycles. The number of ether oxygens (including phenoxy) is 1. The highest BCUT2D eigenvalue weighted by atomic mass is 79.9. The van der Waals surface area contributed by atoms with Crippen LogP contribution in [0.3, 0.4) is 0 Å². The number of nitrogens with zero attached hydrogens (tertiary/aromatic N) is 5. The summed E-state index contributed by atoms with van der Waals surface area (Å²) in [4.78, 5) is 24.0. The van der Waals surface area contributed by atoms with Crippen LogP contribution in [0.25, 0.3) is 39.2 Å². The molecule has 218 valence electrons. The van der Waals surface area contributed by atoms with Crippen LogP contribution in [-0.2, 0) is 9.53 Å². The van der Waals surface area contributed by atoms with E-state index >= 15 is 0 Å². The Morgan fingerprint density at radius 2 is 1.57 bits per heavy atom. The van der Waals surface area contributed by atoms with Gasteiger partial charge in [-0.25, -0.2) is 0 Å². The van der Waals surface area contributed by atoms with Gasteiger partial charge in [0, 0.05) is 46.7 Å². The van der Waals surface area contributed by atoms with Gasteiger partial charge in [-0.15, -0.1) is 10.2 Å². The molecule has 1 fully saturated rings. The summed E-state index contributed by atoms with van der Waals surface area (Å²) >= 11 is 3.62. The molecular formula is C31H33BrN6O4. The van der Waals surface area contributed by atoms with E-state index in [1.165, 1.54) is 4.68 Å². The third-order valence-electron chi connectivity index (χ3n) is 6.55. The fourth-order valence-corrected chi connectivity index (χ4v) is 5.17. The molecule has 0 bridgehead atoms. The molecule has 6 rings (SSSR count). The Kier molecular flexibility index (Phi) is 10.3. The minimum Gasteiger partial charge on any atom is -0.421 e. The predicted octanol–water partition coefficient (Wildman–Crippen LogP) is 4.97. The summed E-state index contributed by atoms with van der Waals surface area (Å²) in [6, 6.07) is 19.6. The van der Waals surface area contributed by atoms with Gasteiger partial charge in [0.15, 0.2) is 0 Å². The molecule has 11 heteroatoms. The molecule has 1 aliphatic heterocycles. The van der Waals surface area contributed by atoms with Gasteiger partial charge >= 0.3 is 0 Å².